The Morgan fingerprint density at radius 2 is 1.95 bits per heavy atom. The maximum Gasteiger partial charge on any atom is 0.306 e. The van der Waals surface area contributed by atoms with Crippen LogP contribution in [0.25, 0.3) is 0 Å². The highest BCUT2D eigenvalue weighted by Crippen LogP contribution is 2.10. The summed E-state index contributed by atoms with van der Waals surface area (Å²) in [6.07, 6.45) is -1.38. The van der Waals surface area contributed by atoms with E-state index in [1.165, 1.54) is 7.11 Å². The summed E-state index contributed by atoms with van der Waals surface area (Å²) in [5.74, 6) is -0.690. The number of aliphatic carboxylic acids is 1. The van der Waals surface area contributed by atoms with Gasteiger partial charge in [0.15, 0.2) is 6.10 Å². The second-order valence-corrected chi connectivity index (χ2v) is 4.27. The van der Waals surface area contributed by atoms with Crippen molar-refractivity contribution in [1.29, 1.82) is 0 Å². The van der Waals surface area contributed by atoms with E-state index in [4.69, 9.17) is 14.6 Å². The van der Waals surface area contributed by atoms with E-state index < -0.39 is 18.2 Å². The summed E-state index contributed by atoms with van der Waals surface area (Å²) in [5, 5.41) is 11.3. The van der Waals surface area contributed by atoms with Crippen LogP contribution in [-0.2, 0) is 14.3 Å². The smallest absolute Gasteiger partial charge is 0.306 e. The van der Waals surface area contributed by atoms with E-state index in [-0.39, 0.29) is 18.9 Å². The van der Waals surface area contributed by atoms with Gasteiger partial charge in [-0.2, -0.15) is 0 Å². The number of hydrogen-bond acceptors (Lipinski definition) is 4. The van der Waals surface area contributed by atoms with Gasteiger partial charge < -0.3 is 19.9 Å². The molecule has 0 aliphatic heterocycles. The highest BCUT2D eigenvalue weighted by atomic mass is 16.5. The molecule has 6 heteroatoms. The molecule has 0 fully saturated rings. The zero-order valence-electron chi connectivity index (χ0n) is 11.5. The Hall–Kier alpha value is -2.08. The van der Waals surface area contributed by atoms with Crippen molar-refractivity contribution in [3.8, 4) is 5.75 Å². The number of methoxy groups -OCH3 is 1. The molecule has 0 radical (unpaired) electrons. The molecule has 110 valence electrons. The molecule has 0 heterocycles. The van der Waals surface area contributed by atoms with E-state index in [0.29, 0.717) is 5.75 Å². The second-order valence-electron chi connectivity index (χ2n) is 4.27. The van der Waals surface area contributed by atoms with Crippen LogP contribution < -0.4 is 10.1 Å². The number of carbonyl (C=O) groups is 2. The topological polar surface area (TPSA) is 84.9 Å². The highest BCUT2D eigenvalue weighted by Gasteiger charge is 2.18. The molecule has 0 saturated heterocycles. The monoisotopic (exact) mass is 281 g/mol. The Morgan fingerprint density at radius 1 is 1.30 bits per heavy atom. The van der Waals surface area contributed by atoms with Gasteiger partial charge in [0.2, 0.25) is 0 Å². The summed E-state index contributed by atoms with van der Waals surface area (Å²) in [6, 6.07) is 8.99. The molecule has 6 nitrogen and oxygen atoms in total. The van der Waals surface area contributed by atoms with Crippen molar-refractivity contribution in [2.45, 2.75) is 25.6 Å². The van der Waals surface area contributed by atoms with E-state index in [0.717, 1.165) is 0 Å². The Labute approximate surface area is 117 Å². The number of rotatable bonds is 8. The fourth-order valence-corrected chi connectivity index (χ4v) is 1.55. The molecule has 0 bridgehead atoms. The van der Waals surface area contributed by atoms with Crippen LogP contribution in [-0.4, -0.2) is 42.8 Å². The van der Waals surface area contributed by atoms with Crippen molar-refractivity contribution >= 4 is 11.9 Å². The summed E-state index contributed by atoms with van der Waals surface area (Å²) >= 11 is 0. The van der Waals surface area contributed by atoms with Gasteiger partial charge in [0.05, 0.1) is 12.5 Å². The number of nitrogens with one attached hydrogen (secondary N) is 1. The molecule has 0 aliphatic rings. The first-order valence-electron chi connectivity index (χ1n) is 6.27. The number of para-hydroxylation sites is 1. The van der Waals surface area contributed by atoms with Gasteiger partial charge >= 0.3 is 5.97 Å². The minimum absolute atomic E-state index is 0.129. The second kappa shape index (κ2) is 8.16. The number of benzene rings is 1. The molecular formula is C14H19NO5. The van der Waals surface area contributed by atoms with Crippen LogP contribution >= 0.6 is 0 Å². The minimum atomic E-state index is -0.973. The fraction of sp³-hybridized carbons (Fsp3) is 0.429. The van der Waals surface area contributed by atoms with E-state index >= 15 is 0 Å². The van der Waals surface area contributed by atoms with E-state index in [2.05, 4.69) is 5.32 Å². The molecule has 1 rings (SSSR count). The molecule has 0 spiro atoms. The number of ether oxygens (including phenoxy) is 2. The maximum absolute atomic E-state index is 11.8. The number of carboxylic acid groups (broad SMARTS) is 1. The first-order valence-corrected chi connectivity index (χ1v) is 6.27. The first kappa shape index (κ1) is 16.0. The lowest BCUT2D eigenvalue weighted by molar-refractivity contribution is -0.140. The Balaban J connectivity index is 2.39. The quantitative estimate of drug-likeness (QED) is 0.744. The molecule has 20 heavy (non-hydrogen) atoms. The van der Waals surface area contributed by atoms with Crippen molar-refractivity contribution in [3.05, 3.63) is 30.3 Å². The van der Waals surface area contributed by atoms with Crippen LogP contribution in [0.1, 0.15) is 13.3 Å². The van der Waals surface area contributed by atoms with Crippen LogP contribution in [0.5, 0.6) is 5.75 Å². The van der Waals surface area contributed by atoms with E-state index in [9.17, 15) is 9.59 Å². The summed E-state index contributed by atoms with van der Waals surface area (Å²) < 4.78 is 10.4. The lowest BCUT2D eigenvalue weighted by Gasteiger charge is -2.17. The molecule has 1 amide bonds. The van der Waals surface area contributed by atoms with Gasteiger partial charge in [-0.15, -0.1) is 0 Å². The van der Waals surface area contributed by atoms with Crippen LogP contribution in [0.15, 0.2) is 30.3 Å². The lowest BCUT2D eigenvalue weighted by Crippen LogP contribution is -2.41. The Morgan fingerprint density at radius 3 is 2.50 bits per heavy atom. The normalized spacial score (nSPS) is 13.3. The zero-order chi connectivity index (χ0) is 15.0. The molecular weight excluding hydrogens is 262 g/mol. The molecule has 0 saturated carbocycles. The van der Waals surface area contributed by atoms with Crippen molar-refractivity contribution in [3.63, 3.8) is 0 Å². The molecule has 1 aromatic carbocycles. The standard InChI is InChI=1S/C14H19NO5/c1-10(20-11-6-4-3-5-7-11)14(18)15-9-12(19-2)8-13(16)17/h3-7,10,12H,8-9H2,1-2H3,(H,15,18)(H,16,17). The third-order valence-corrected chi connectivity index (χ3v) is 2.66. The molecule has 1 aromatic rings. The third-order valence-electron chi connectivity index (χ3n) is 2.66. The number of amides is 1. The third kappa shape index (κ3) is 5.71. The molecule has 2 atom stereocenters. The molecule has 2 unspecified atom stereocenters. The van der Waals surface area contributed by atoms with Crippen molar-refractivity contribution in [2.24, 2.45) is 0 Å². The van der Waals surface area contributed by atoms with Gasteiger partial charge in [-0.1, -0.05) is 18.2 Å². The van der Waals surface area contributed by atoms with Crippen molar-refractivity contribution in [2.75, 3.05) is 13.7 Å². The summed E-state index contributed by atoms with van der Waals surface area (Å²) in [5.41, 5.74) is 0. The van der Waals surface area contributed by atoms with E-state index in [1.807, 2.05) is 18.2 Å². The molecule has 2 N–H and O–H groups in total. The van der Waals surface area contributed by atoms with Gasteiger partial charge in [-0.05, 0) is 19.1 Å². The maximum atomic E-state index is 11.8. The predicted molar refractivity (Wildman–Crippen MR) is 72.6 cm³/mol. The summed E-state index contributed by atoms with van der Waals surface area (Å²) in [4.78, 5) is 22.4. The average Bonchev–Trinajstić information content (AvgIpc) is 2.43. The molecule has 0 aromatic heterocycles. The first-order chi connectivity index (χ1) is 9.52. The lowest BCUT2D eigenvalue weighted by atomic mass is 10.2. The Bertz CT molecular complexity index is 434. The van der Waals surface area contributed by atoms with Crippen molar-refractivity contribution in [1.82, 2.24) is 5.32 Å². The van der Waals surface area contributed by atoms with Gasteiger partial charge in [-0.25, -0.2) is 0 Å². The van der Waals surface area contributed by atoms with Gasteiger partial charge in [0, 0.05) is 13.7 Å². The van der Waals surface area contributed by atoms with Crippen LogP contribution in [0, 0.1) is 0 Å². The van der Waals surface area contributed by atoms with Gasteiger partial charge in [-0.3, -0.25) is 9.59 Å². The highest BCUT2D eigenvalue weighted by molar-refractivity contribution is 5.80. The zero-order valence-corrected chi connectivity index (χ0v) is 11.5. The minimum Gasteiger partial charge on any atom is -0.481 e. The van der Waals surface area contributed by atoms with Gasteiger partial charge in [0.1, 0.15) is 5.75 Å². The Kier molecular flexibility index (Phi) is 6.52. The average molecular weight is 281 g/mol. The van der Waals surface area contributed by atoms with Crippen molar-refractivity contribution < 1.29 is 24.2 Å². The fourth-order valence-electron chi connectivity index (χ4n) is 1.55. The summed E-state index contributed by atoms with van der Waals surface area (Å²) in [6.45, 7) is 1.76. The predicted octanol–water partition coefficient (Wildman–Crippen LogP) is 1.06. The summed E-state index contributed by atoms with van der Waals surface area (Å²) in [7, 11) is 1.41. The SMILES string of the molecule is COC(CNC(=O)C(C)Oc1ccccc1)CC(=O)O. The number of carboxylic acids is 1. The van der Waals surface area contributed by atoms with Crippen LogP contribution in [0.4, 0.5) is 0 Å². The van der Waals surface area contributed by atoms with Crippen LogP contribution in [0.2, 0.25) is 0 Å². The van der Waals surface area contributed by atoms with Crippen LogP contribution in [0.3, 0.4) is 0 Å². The molecule has 0 aliphatic carbocycles. The largest absolute Gasteiger partial charge is 0.481 e. The van der Waals surface area contributed by atoms with Gasteiger partial charge in [0.25, 0.3) is 5.91 Å². The van der Waals surface area contributed by atoms with E-state index in [1.54, 1.807) is 19.1 Å². The number of hydrogen-bond donors (Lipinski definition) is 2. The number of carbonyl (C=O) groups excluding carboxylic acids is 1.